The van der Waals surface area contributed by atoms with E-state index in [1.54, 1.807) is 11.0 Å². The lowest BCUT2D eigenvalue weighted by Gasteiger charge is -2.34. The lowest BCUT2D eigenvalue weighted by atomic mass is 10.0. The smallest absolute Gasteiger partial charge is 0.444 e. The summed E-state index contributed by atoms with van der Waals surface area (Å²) in [6, 6.07) is 7.10. The van der Waals surface area contributed by atoms with Gasteiger partial charge in [-0.3, -0.25) is 4.79 Å². The van der Waals surface area contributed by atoms with E-state index in [2.05, 4.69) is 20.4 Å². The molecular formula is C27H34ClF2N5O5. The number of likely N-dealkylation sites (tertiary alicyclic amines) is 1. The molecule has 3 N–H and O–H groups in total. The van der Waals surface area contributed by atoms with Gasteiger partial charge in [0.15, 0.2) is 5.82 Å². The van der Waals surface area contributed by atoms with Crippen molar-refractivity contribution in [2.75, 3.05) is 41.7 Å². The van der Waals surface area contributed by atoms with Gasteiger partial charge in [0, 0.05) is 55.7 Å². The summed E-state index contributed by atoms with van der Waals surface area (Å²) in [4.78, 5) is 33.7. The minimum Gasteiger partial charge on any atom is -0.444 e. The molecule has 0 unspecified atom stereocenters. The van der Waals surface area contributed by atoms with Crippen LogP contribution in [0.2, 0.25) is 0 Å². The molecule has 0 spiro atoms. The molecular weight excluding hydrogens is 548 g/mol. The zero-order valence-corrected chi connectivity index (χ0v) is 23.4. The molecule has 13 heteroatoms. The Morgan fingerprint density at radius 3 is 2.35 bits per heavy atom. The molecule has 2 fully saturated rings. The zero-order valence-electron chi connectivity index (χ0n) is 22.6. The van der Waals surface area contributed by atoms with Crippen LogP contribution >= 0.6 is 11.6 Å². The molecule has 1 atom stereocenters. The number of hydrogen-bond donors (Lipinski definition) is 3. The van der Waals surface area contributed by atoms with E-state index in [9.17, 15) is 23.5 Å². The van der Waals surface area contributed by atoms with Crippen LogP contribution in [0.15, 0.2) is 36.5 Å². The number of amides is 2. The molecule has 0 radical (unpaired) electrons. The maximum atomic E-state index is 13.0. The second-order valence-electron chi connectivity index (χ2n) is 10.9. The molecule has 2 aromatic rings. The number of ether oxygens (including phenoxy) is 2. The van der Waals surface area contributed by atoms with Crippen molar-refractivity contribution < 1.29 is 33.0 Å². The van der Waals surface area contributed by atoms with Crippen molar-refractivity contribution >= 4 is 40.8 Å². The molecule has 0 bridgehead atoms. The molecule has 10 nitrogen and oxygen atoms in total. The van der Waals surface area contributed by atoms with Gasteiger partial charge < -0.3 is 35.0 Å². The highest BCUT2D eigenvalue weighted by atomic mass is 35.5. The van der Waals surface area contributed by atoms with E-state index < -0.39 is 23.2 Å². The van der Waals surface area contributed by atoms with Gasteiger partial charge in [0.25, 0.3) is 5.91 Å². The summed E-state index contributed by atoms with van der Waals surface area (Å²) in [6.45, 7) is 7.59. The molecule has 2 saturated heterocycles. The van der Waals surface area contributed by atoms with Crippen molar-refractivity contribution in [2.24, 2.45) is 0 Å². The Morgan fingerprint density at radius 2 is 1.77 bits per heavy atom. The van der Waals surface area contributed by atoms with E-state index in [1.165, 1.54) is 30.5 Å². The van der Waals surface area contributed by atoms with E-state index in [-0.39, 0.29) is 23.4 Å². The van der Waals surface area contributed by atoms with Crippen LogP contribution in [0.25, 0.3) is 0 Å². The Labute approximate surface area is 236 Å². The second kappa shape index (κ2) is 12.0. The number of rotatable bonds is 7. The average Bonchev–Trinajstić information content (AvgIpc) is 3.29. The molecule has 2 aliphatic rings. The maximum absolute atomic E-state index is 13.0. The highest BCUT2D eigenvalue weighted by Crippen LogP contribution is 2.31. The van der Waals surface area contributed by atoms with Crippen LogP contribution in [-0.2, 0) is 4.74 Å². The SMILES string of the molecule is CC(C)(C)OC(=O)N1CCC(Nc2cc(C(=O)Nc3ccc(OC(F)(F)Cl)cc3)cnc2N2CC[C@@H](O)C2)CC1. The number of pyridine rings is 1. The first kappa shape index (κ1) is 29.6. The predicted octanol–water partition coefficient (Wildman–Crippen LogP) is 4.88. The number of carbonyl (C=O) groups is 2. The number of nitrogens with one attached hydrogen (secondary N) is 2. The van der Waals surface area contributed by atoms with Gasteiger partial charge in [0.1, 0.15) is 11.4 Å². The van der Waals surface area contributed by atoms with Gasteiger partial charge >= 0.3 is 11.7 Å². The molecule has 4 rings (SSSR count). The van der Waals surface area contributed by atoms with Crippen molar-refractivity contribution in [3.63, 3.8) is 0 Å². The third kappa shape index (κ3) is 8.31. The molecule has 3 heterocycles. The van der Waals surface area contributed by atoms with Crippen LogP contribution in [0.4, 0.5) is 30.8 Å². The van der Waals surface area contributed by atoms with E-state index >= 15 is 0 Å². The molecule has 2 aliphatic heterocycles. The fourth-order valence-electron chi connectivity index (χ4n) is 4.57. The van der Waals surface area contributed by atoms with Crippen LogP contribution < -0.4 is 20.3 Å². The van der Waals surface area contributed by atoms with Crippen molar-refractivity contribution in [2.45, 2.75) is 63.3 Å². The van der Waals surface area contributed by atoms with E-state index in [0.29, 0.717) is 62.6 Å². The standard InChI is InChI=1S/C27H34ClF2N5O5/c1-26(2,3)40-25(38)34-11-8-19(9-12-34)32-22-14-17(15-31-23(22)35-13-10-20(36)16-35)24(37)33-18-4-6-21(7-5-18)39-27(28,29)30/h4-7,14-15,19-20,32,36H,8-13,16H2,1-3H3,(H,33,37)/t20-/m1/s1. The number of piperidine rings is 1. The van der Waals surface area contributed by atoms with Crippen molar-refractivity contribution in [3.8, 4) is 5.75 Å². The number of benzene rings is 1. The van der Waals surface area contributed by atoms with Crippen molar-refractivity contribution in [3.05, 3.63) is 42.1 Å². The average molecular weight is 582 g/mol. The van der Waals surface area contributed by atoms with E-state index in [0.717, 1.165) is 0 Å². The third-order valence-corrected chi connectivity index (χ3v) is 6.52. The Balaban J connectivity index is 1.45. The van der Waals surface area contributed by atoms with Gasteiger partial charge in [-0.05, 0) is 70.4 Å². The first-order valence-electron chi connectivity index (χ1n) is 13.1. The number of nitrogens with zero attached hydrogens (tertiary/aromatic N) is 3. The summed E-state index contributed by atoms with van der Waals surface area (Å²) < 4.78 is 35.5. The lowest BCUT2D eigenvalue weighted by Crippen LogP contribution is -2.44. The quantitative estimate of drug-likeness (QED) is 0.396. The molecule has 218 valence electrons. The number of aliphatic hydroxyl groups is 1. The van der Waals surface area contributed by atoms with Crippen LogP contribution in [-0.4, -0.2) is 76.5 Å². The van der Waals surface area contributed by atoms with Gasteiger partial charge in [-0.1, -0.05) is 0 Å². The normalized spacial score (nSPS) is 18.4. The molecule has 2 amide bonds. The van der Waals surface area contributed by atoms with Gasteiger partial charge in [0.05, 0.1) is 17.4 Å². The van der Waals surface area contributed by atoms with E-state index in [1.807, 2.05) is 25.7 Å². The summed E-state index contributed by atoms with van der Waals surface area (Å²) >= 11 is 4.79. The molecule has 0 aliphatic carbocycles. The highest BCUT2D eigenvalue weighted by Gasteiger charge is 2.30. The largest absolute Gasteiger partial charge is 0.487 e. The number of hydrogen-bond acceptors (Lipinski definition) is 8. The summed E-state index contributed by atoms with van der Waals surface area (Å²) in [5.74, 6) is 0.0341. The van der Waals surface area contributed by atoms with Crippen molar-refractivity contribution in [1.29, 1.82) is 0 Å². The summed E-state index contributed by atoms with van der Waals surface area (Å²) in [6.07, 6.45) is 2.62. The number of β-amino-alcohol motifs (C(OH)–C–C–N with tert-alkyl or cyclic N) is 1. The van der Waals surface area contributed by atoms with Crippen LogP contribution in [0.5, 0.6) is 5.75 Å². The monoisotopic (exact) mass is 581 g/mol. The fraction of sp³-hybridized carbons (Fsp3) is 0.519. The minimum absolute atomic E-state index is 0.0256. The lowest BCUT2D eigenvalue weighted by molar-refractivity contribution is -0.0964. The van der Waals surface area contributed by atoms with Crippen LogP contribution in [0.3, 0.4) is 0 Å². The molecule has 1 aromatic carbocycles. The number of carbonyl (C=O) groups excluding carboxylic acids is 2. The number of anilines is 3. The fourth-order valence-corrected chi connectivity index (χ4v) is 4.66. The summed E-state index contributed by atoms with van der Waals surface area (Å²) in [5, 5.41) is 16.3. The molecule has 0 saturated carbocycles. The minimum atomic E-state index is -3.83. The highest BCUT2D eigenvalue weighted by molar-refractivity contribution is 6.20. The van der Waals surface area contributed by atoms with Crippen LogP contribution in [0, 0.1) is 0 Å². The van der Waals surface area contributed by atoms with Gasteiger partial charge in [-0.2, -0.15) is 0 Å². The first-order chi connectivity index (χ1) is 18.8. The van der Waals surface area contributed by atoms with Gasteiger partial charge in [-0.15, -0.1) is 8.78 Å². The number of aromatic nitrogens is 1. The summed E-state index contributed by atoms with van der Waals surface area (Å²) in [5.41, 5.74) is -3.11. The Bertz CT molecular complexity index is 1200. The van der Waals surface area contributed by atoms with Crippen LogP contribution in [0.1, 0.15) is 50.4 Å². The Morgan fingerprint density at radius 1 is 1.10 bits per heavy atom. The topological polar surface area (TPSA) is 116 Å². The van der Waals surface area contributed by atoms with Gasteiger partial charge in [-0.25, -0.2) is 9.78 Å². The Hall–Kier alpha value is -3.38. The Kier molecular flexibility index (Phi) is 8.89. The third-order valence-electron chi connectivity index (χ3n) is 6.44. The van der Waals surface area contributed by atoms with Crippen molar-refractivity contribution in [1.82, 2.24) is 9.88 Å². The molecule has 1 aromatic heterocycles. The van der Waals surface area contributed by atoms with Gasteiger partial charge in [0.2, 0.25) is 0 Å². The zero-order chi connectivity index (χ0) is 29.1. The predicted molar refractivity (Wildman–Crippen MR) is 147 cm³/mol. The molecule has 40 heavy (non-hydrogen) atoms. The maximum Gasteiger partial charge on any atom is 0.487 e. The number of aliphatic hydroxyl groups excluding tert-OH is 1. The number of alkyl halides is 3. The first-order valence-corrected chi connectivity index (χ1v) is 13.5. The second-order valence-corrected chi connectivity index (χ2v) is 11.3. The van der Waals surface area contributed by atoms with E-state index in [4.69, 9.17) is 16.3 Å². The number of halogens is 3. The summed E-state index contributed by atoms with van der Waals surface area (Å²) in [7, 11) is 0.